The number of carbonyl (C=O) groups excluding carboxylic acids is 2. The number of hydrogen-bond donors (Lipinski definition) is 2. The van der Waals surface area contributed by atoms with E-state index >= 15 is 0 Å². The molecule has 1 fully saturated rings. The van der Waals surface area contributed by atoms with Gasteiger partial charge in [0.1, 0.15) is 5.60 Å². The molecule has 1 aliphatic heterocycles. The zero-order chi connectivity index (χ0) is 15.2. The largest absolute Gasteiger partial charge is 0.444 e. The fourth-order valence-electron chi connectivity index (χ4n) is 2.13. The summed E-state index contributed by atoms with van der Waals surface area (Å²) in [6, 6.07) is -0.00339. The quantitative estimate of drug-likeness (QED) is 0.719. The summed E-state index contributed by atoms with van der Waals surface area (Å²) in [5.41, 5.74) is 5.27. The lowest BCUT2D eigenvalue weighted by atomic mass is 10.2. The van der Waals surface area contributed by atoms with Gasteiger partial charge in [-0.1, -0.05) is 0 Å². The van der Waals surface area contributed by atoms with Gasteiger partial charge in [0, 0.05) is 32.1 Å². The highest BCUT2D eigenvalue weighted by Gasteiger charge is 2.25. The van der Waals surface area contributed by atoms with Crippen molar-refractivity contribution in [2.45, 2.75) is 58.1 Å². The maximum atomic E-state index is 11.5. The lowest BCUT2D eigenvalue weighted by Gasteiger charge is -2.19. The molecule has 0 aromatic rings. The van der Waals surface area contributed by atoms with Gasteiger partial charge in [0.2, 0.25) is 5.91 Å². The molecule has 0 spiro atoms. The average Bonchev–Trinajstić information content (AvgIpc) is 2.60. The third-order valence-electron chi connectivity index (χ3n) is 3.02. The highest BCUT2D eigenvalue weighted by molar-refractivity contribution is 5.79. The molecule has 3 N–H and O–H groups in total. The third kappa shape index (κ3) is 6.75. The summed E-state index contributed by atoms with van der Waals surface area (Å²) in [5, 5.41) is 2.72. The fourth-order valence-corrected chi connectivity index (χ4v) is 2.13. The van der Waals surface area contributed by atoms with E-state index in [0.29, 0.717) is 19.5 Å². The Hall–Kier alpha value is -1.30. The molecule has 0 aromatic heterocycles. The number of nitrogens with zero attached hydrogens (tertiary/aromatic N) is 1. The molecule has 0 aliphatic carbocycles. The summed E-state index contributed by atoms with van der Waals surface area (Å²) in [5.74, 6) is 0.157. The molecule has 1 heterocycles. The lowest BCUT2D eigenvalue weighted by molar-refractivity contribution is -0.127. The van der Waals surface area contributed by atoms with Gasteiger partial charge in [-0.3, -0.25) is 4.79 Å². The first-order valence-corrected chi connectivity index (χ1v) is 7.28. The number of amides is 2. The second kappa shape index (κ2) is 7.47. The van der Waals surface area contributed by atoms with Crippen LogP contribution in [-0.2, 0) is 9.53 Å². The van der Waals surface area contributed by atoms with E-state index in [9.17, 15) is 9.59 Å². The van der Waals surface area contributed by atoms with Crippen molar-refractivity contribution in [3.8, 4) is 0 Å². The monoisotopic (exact) mass is 285 g/mol. The lowest BCUT2D eigenvalue weighted by Crippen LogP contribution is -2.33. The van der Waals surface area contributed by atoms with Crippen molar-refractivity contribution in [2.75, 3.05) is 19.6 Å². The summed E-state index contributed by atoms with van der Waals surface area (Å²) >= 11 is 0. The van der Waals surface area contributed by atoms with Crippen LogP contribution in [0.3, 0.4) is 0 Å². The van der Waals surface area contributed by atoms with Crippen LogP contribution < -0.4 is 11.1 Å². The van der Waals surface area contributed by atoms with Crippen LogP contribution in [0.15, 0.2) is 0 Å². The van der Waals surface area contributed by atoms with Crippen molar-refractivity contribution in [2.24, 2.45) is 5.73 Å². The Bertz CT molecular complexity index is 339. The van der Waals surface area contributed by atoms with E-state index in [0.717, 1.165) is 25.8 Å². The minimum absolute atomic E-state index is 0.00339. The zero-order valence-electron chi connectivity index (χ0n) is 12.8. The second-order valence-electron chi connectivity index (χ2n) is 6.29. The summed E-state index contributed by atoms with van der Waals surface area (Å²) in [4.78, 5) is 24.7. The van der Waals surface area contributed by atoms with Crippen molar-refractivity contribution in [1.29, 1.82) is 0 Å². The second-order valence-corrected chi connectivity index (χ2v) is 6.29. The van der Waals surface area contributed by atoms with Gasteiger partial charge < -0.3 is 20.7 Å². The molecule has 6 heteroatoms. The molecule has 20 heavy (non-hydrogen) atoms. The van der Waals surface area contributed by atoms with Gasteiger partial charge in [-0.2, -0.15) is 0 Å². The van der Waals surface area contributed by atoms with E-state index in [1.807, 2.05) is 25.7 Å². The summed E-state index contributed by atoms with van der Waals surface area (Å²) < 4.78 is 5.13. The number of hydrogen-bond acceptors (Lipinski definition) is 4. The predicted molar refractivity (Wildman–Crippen MR) is 77.3 cm³/mol. The van der Waals surface area contributed by atoms with Gasteiger partial charge in [0.15, 0.2) is 0 Å². The van der Waals surface area contributed by atoms with Crippen molar-refractivity contribution in [1.82, 2.24) is 10.2 Å². The number of likely N-dealkylation sites (tertiary alicyclic amines) is 1. The number of alkyl carbamates (subject to hydrolysis) is 1. The Balaban J connectivity index is 2.00. The Morgan fingerprint density at radius 2 is 2.10 bits per heavy atom. The topological polar surface area (TPSA) is 84.7 Å². The highest BCUT2D eigenvalue weighted by Crippen LogP contribution is 2.10. The minimum Gasteiger partial charge on any atom is -0.444 e. The molecule has 2 amide bonds. The first kappa shape index (κ1) is 16.8. The van der Waals surface area contributed by atoms with E-state index < -0.39 is 5.60 Å². The third-order valence-corrected chi connectivity index (χ3v) is 3.02. The molecule has 1 atom stereocenters. The molecule has 0 saturated carbocycles. The Morgan fingerprint density at radius 3 is 2.65 bits per heavy atom. The number of nitrogens with two attached hydrogens (primary N) is 1. The first-order valence-electron chi connectivity index (χ1n) is 7.28. The van der Waals surface area contributed by atoms with Crippen LogP contribution in [0.4, 0.5) is 4.79 Å². The maximum absolute atomic E-state index is 11.5. The van der Waals surface area contributed by atoms with Gasteiger partial charge in [-0.25, -0.2) is 4.79 Å². The molecule has 1 unspecified atom stereocenters. The molecule has 1 saturated heterocycles. The van der Waals surface area contributed by atoms with E-state index in [1.165, 1.54) is 0 Å². The van der Waals surface area contributed by atoms with Crippen LogP contribution in [0, 0.1) is 0 Å². The molecule has 0 bridgehead atoms. The number of ether oxygens (including phenoxy) is 1. The fraction of sp³-hybridized carbons (Fsp3) is 0.857. The van der Waals surface area contributed by atoms with Gasteiger partial charge in [0.25, 0.3) is 0 Å². The molecular weight excluding hydrogens is 258 g/mol. The van der Waals surface area contributed by atoms with Crippen molar-refractivity contribution >= 4 is 12.0 Å². The van der Waals surface area contributed by atoms with Gasteiger partial charge in [-0.05, 0) is 40.0 Å². The molecule has 1 rings (SSSR count). The molecule has 0 aromatic carbocycles. The smallest absolute Gasteiger partial charge is 0.407 e. The van der Waals surface area contributed by atoms with E-state index in [1.54, 1.807) is 0 Å². The summed E-state index contributed by atoms with van der Waals surface area (Å²) in [6.45, 7) is 7.55. The van der Waals surface area contributed by atoms with E-state index in [-0.39, 0.29) is 18.0 Å². The Labute approximate surface area is 121 Å². The number of rotatable bonds is 6. The number of unbranched alkanes of at least 4 members (excludes halogenated alkanes) is 2. The van der Waals surface area contributed by atoms with Crippen molar-refractivity contribution in [3.63, 3.8) is 0 Å². The standard InChI is InChI=1S/C14H27N3O3/c1-14(2,3)20-13(19)16-7-5-4-6-8-17-10-11(15)9-12(17)18/h11H,4-10,15H2,1-3H3,(H,16,19). The van der Waals surface area contributed by atoms with Gasteiger partial charge >= 0.3 is 6.09 Å². The van der Waals surface area contributed by atoms with Gasteiger partial charge in [-0.15, -0.1) is 0 Å². The van der Waals surface area contributed by atoms with Crippen LogP contribution in [0.5, 0.6) is 0 Å². The highest BCUT2D eigenvalue weighted by atomic mass is 16.6. The van der Waals surface area contributed by atoms with Crippen molar-refractivity contribution < 1.29 is 14.3 Å². The molecule has 0 radical (unpaired) electrons. The molecule has 1 aliphatic rings. The molecular formula is C14H27N3O3. The minimum atomic E-state index is -0.459. The van der Waals surface area contributed by atoms with Crippen LogP contribution in [0.2, 0.25) is 0 Å². The SMILES string of the molecule is CC(C)(C)OC(=O)NCCCCCN1CC(N)CC1=O. The van der Waals surface area contributed by atoms with Crippen LogP contribution >= 0.6 is 0 Å². The number of carbonyl (C=O) groups is 2. The Morgan fingerprint density at radius 1 is 1.40 bits per heavy atom. The van der Waals surface area contributed by atoms with E-state index in [2.05, 4.69) is 5.32 Å². The normalized spacial score (nSPS) is 19.3. The summed E-state index contributed by atoms with van der Waals surface area (Å²) in [6.07, 6.45) is 2.88. The van der Waals surface area contributed by atoms with E-state index in [4.69, 9.17) is 10.5 Å². The van der Waals surface area contributed by atoms with Crippen LogP contribution in [-0.4, -0.2) is 48.2 Å². The van der Waals surface area contributed by atoms with Crippen LogP contribution in [0.25, 0.3) is 0 Å². The maximum Gasteiger partial charge on any atom is 0.407 e. The zero-order valence-corrected chi connectivity index (χ0v) is 12.8. The number of nitrogens with one attached hydrogen (secondary N) is 1. The average molecular weight is 285 g/mol. The Kier molecular flexibility index (Phi) is 6.26. The molecule has 6 nitrogen and oxygen atoms in total. The first-order chi connectivity index (χ1) is 9.28. The predicted octanol–water partition coefficient (Wildman–Crippen LogP) is 1.24. The van der Waals surface area contributed by atoms with Crippen LogP contribution in [0.1, 0.15) is 46.5 Å². The van der Waals surface area contributed by atoms with Gasteiger partial charge in [0.05, 0.1) is 0 Å². The molecule has 116 valence electrons. The summed E-state index contributed by atoms with van der Waals surface area (Å²) in [7, 11) is 0. The van der Waals surface area contributed by atoms with Crippen molar-refractivity contribution in [3.05, 3.63) is 0 Å².